The molecule has 0 radical (unpaired) electrons. The van der Waals surface area contributed by atoms with E-state index in [-0.39, 0.29) is 6.10 Å². The molecule has 1 aromatic heterocycles. The molecule has 94 valence electrons. The van der Waals surface area contributed by atoms with Crippen molar-refractivity contribution < 1.29 is 4.74 Å². The van der Waals surface area contributed by atoms with Gasteiger partial charge < -0.3 is 10.1 Å². The zero-order valence-electron chi connectivity index (χ0n) is 10.4. The van der Waals surface area contributed by atoms with Crippen molar-refractivity contribution in [1.29, 1.82) is 0 Å². The van der Waals surface area contributed by atoms with E-state index in [2.05, 4.69) is 41.6 Å². The van der Waals surface area contributed by atoms with Crippen LogP contribution in [0, 0.1) is 0 Å². The first kappa shape index (κ1) is 11.3. The molecule has 0 amide bonds. The Morgan fingerprint density at radius 2 is 2.17 bits per heavy atom. The van der Waals surface area contributed by atoms with Crippen LogP contribution in [0.5, 0.6) is 0 Å². The first-order valence-corrected chi connectivity index (χ1v) is 6.31. The summed E-state index contributed by atoms with van der Waals surface area (Å²) in [7, 11) is 0. The molecule has 4 heteroatoms. The number of nitrogens with one attached hydrogen (secondary N) is 1. The maximum absolute atomic E-state index is 5.54. The van der Waals surface area contributed by atoms with Gasteiger partial charge in [0, 0.05) is 24.7 Å². The molecule has 3 rings (SSSR count). The molecule has 0 aliphatic carbocycles. The summed E-state index contributed by atoms with van der Waals surface area (Å²) in [6.45, 7) is 2.97. The second kappa shape index (κ2) is 4.82. The molecule has 0 bridgehead atoms. The van der Waals surface area contributed by atoms with Crippen molar-refractivity contribution in [2.45, 2.75) is 25.5 Å². The lowest BCUT2D eigenvalue weighted by Gasteiger charge is -2.17. The smallest absolute Gasteiger partial charge is 0.0748 e. The molecular formula is C14H17N3O. The van der Waals surface area contributed by atoms with E-state index in [0.29, 0.717) is 6.04 Å². The van der Waals surface area contributed by atoms with Crippen LogP contribution in [0.15, 0.2) is 42.7 Å². The predicted molar refractivity (Wildman–Crippen MR) is 71.0 cm³/mol. The van der Waals surface area contributed by atoms with E-state index < -0.39 is 0 Å². The fraction of sp³-hybridized carbons (Fsp3) is 0.357. The maximum atomic E-state index is 5.54. The molecule has 1 saturated heterocycles. The quantitative estimate of drug-likeness (QED) is 0.900. The number of aromatic nitrogens is 2. The lowest BCUT2D eigenvalue weighted by molar-refractivity contribution is 0.121. The maximum Gasteiger partial charge on any atom is 0.0748 e. The summed E-state index contributed by atoms with van der Waals surface area (Å²) >= 11 is 0. The second-order valence-corrected chi connectivity index (χ2v) is 4.61. The van der Waals surface area contributed by atoms with Crippen LogP contribution >= 0.6 is 0 Å². The number of hydrogen-bond donors (Lipinski definition) is 1. The molecule has 1 N–H and O–H groups in total. The van der Waals surface area contributed by atoms with Crippen molar-refractivity contribution in [2.75, 3.05) is 11.9 Å². The van der Waals surface area contributed by atoms with Gasteiger partial charge in [0.25, 0.3) is 0 Å². The van der Waals surface area contributed by atoms with Gasteiger partial charge in [-0.15, -0.1) is 0 Å². The van der Waals surface area contributed by atoms with Gasteiger partial charge >= 0.3 is 0 Å². The Morgan fingerprint density at radius 3 is 2.78 bits per heavy atom. The molecule has 4 nitrogen and oxygen atoms in total. The van der Waals surface area contributed by atoms with Crippen LogP contribution in [0.1, 0.15) is 13.3 Å². The van der Waals surface area contributed by atoms with Gasteiger partial charge in [-0.25, -0.2) is 4.68 Å². The molecule has 2 unspecified atom stereocenters. The van der Waals surface area contributed by atoms with Gasteiger partial charge in [0.05, 0.1) is 17.8 Å². The van der Waals surface area contributed by atoms with Crippen molar-refractivity contribution in [2.24, 2.45) is 0 Å². The standard InChI is InChI=1S/C14H17N3O/c1-11-14(7-10-18-11)16-12-3-5-13(6-4-12)17-9-2-8-15-17/h2-6,8-9,11,14,16H,7,10H2,1H3. The third kappa shape index (κ3) is 2.24. The first-order valence-electron chi connectivity index (χ1n) is 6.31. The van der Waals surface area contributed by atoms with Crippen LogP contribution in [0.25, 0.3) is 5.69 Å². The minimum Gasteiger partial charge on any atom is -0.380 e. The van der Waals surface area contributed by atoms with E-state index in [1.54, 1.807) is 6.20 Å². The topological polar surface area (TPSA) is 39.1 Å². The van der Waals surface area contributed by atoms with Crippen molar-refractivity contribution in [1.82, 2.24) is 9.78 Å². The molecule has 1 aromatic carbocycles. The van der Waals surface area contributed by atoms with Gasteiger partial charge in [-0.05, 0) is 43.7 Å². The van der Waals surface area contributed by atoms with Gasteiger partial charge in [0.15, 0.2) is 0 Å². The third-order valence-corrected chi connectivity index (χ3v) is 3.36. The van der Waals surface area contributed by atoms with Crippen molar-refractivity contribution in [3.05, 3.63) is 42.7 Å². The third-order valence-electron chi connectivity index (χ3n) is 3.36. The van der Waals surface area contributed by atoms with E-state index in [0.717, 1.165) is 24.4 Å². The molecule has 1 aliphatic heterocycles. The molecule has 0 saturated carbocycles. The Hall–Kier alpha value is -1.81. The van der Waals surface area contributed by atoms with E-state index in [1.807, 2.05) is 16.9 Å². The highest BCUT2D eigenvalue weighted by molar-refractivity contribution is 5.49. The molecule has 1 fully saturated rings. The second-order valence-electron chi connectivity index (χ2n) is 4.61. The van der Waals surface area contributed by atoms with Gasteiger partial charge in [-0.1, -0.05) is 0 Å². The number of hydrogen-bond acceptors (Lipinski definition) is 3. The van der Waals surface area contributed by atoms with Gasteiger partial charge in [-0.2, -0.15) is 5.10 Å². The Bertz CT molecular complexity index is 492. The molecule has 2 aromatic rings. The van der Waals surface area contributed by atoms with Gasteiger partial charge in [0.1, 0.15) is 0 Å². The average Bonchev–Trinajstić information content (AvgIpc) is 3.03. The van der Waals surface area contributed by atoms with Crippen molar-refractivity contribution in [3.8, 4) is 5.69 Å². The normalized spacial score (nSPS) is 23.2. The summed E-state index contributed by atoms with van der Waals surface area (Å²) < 4.78 is 7.40. The summed E-state index contributed by atoms with van der Waals surface area (Å²) in [4.78, 5) is 0. The van der Waals surface area contributed by atoms with Crippen LogP contribution in [-0.2, 0) is 4.74 Å². The van der Waals surface area contributed by atoms with Crippen LogP contribution in [-0.4, -0.2) is 28.5 Å². The monoisotopic (exact) mass is 243 g/mol. The highest BCUT2D eigenvalue weighted by atomic mass is 16.5. The number of benzene rings is 1. The van der Waals surface area contributed by atoms with E-state index in [4.69, 9.17) is 4.74 Å². The highest BCUT2D eigenvalue weighted by Gasteiger charge is 2.23. The zero-order valence-corrected chi connectivity index (χ0v) is 10.4. The van der Waals surface area contributed by atoms with Crippen LogP contribution in [0.4, 0.5) is 5.69 Å². The van der Waals surface area contributed by atoms with Crippen molar-refractivity contribution in [3.63, 3.8) is 0 Å². The fourth-order valence-corrected chi connectivity index (χ4v) is 2.27. The van der Waals surface area contributed by atoms with E-state index >= 15 is 0 Å². The lowest BCUT2D eigenvalue weighted by atomic mass is 10.1. The Morgan fingerprint density at radius 1 is 1.33 bits per heavy atom. The molecule has 1 aliphatic rings. The van der Waals surface area contributed by atoms with Crippen LogP contribution in [0.2, 0.25) is 0 Å². The molecular weight excluding hydrogens is 226 g/mol. The Labute approximate surface area is 107 Å². The van der Waals surface area contributed by atoms with E-state index in [1.165, 1.54) is 0 Å². The minimum atomic E-state index is 0.288. The molecule has 18 heavy (non-hydrogen) atoms. The van der Waals surface area contributed by atoms with Gasteiger partial charge in [-0.3, -0.25) is 0 Å². The number of rotatable bonds is 3. The number of ether oxygens (including phenoxy) is 1. The highest BCUT2D eigenvalue weighted by Crippen LogP contribution is 2.19. The first-order chi connectivity index (χ1) is 8.83. The van der Waals surface area contributed by atoms with Crippen LogP contribution in [0.3, 0.4) is 0 Å². The summed E-state index contributed by atoms with van der Waals surface area (Å²) in [6, 6.07) is 10.6. The predicted octanol–water partition coefficient (Wildman–Crippen LogP) is 2.46. The Balaban J connectivity index is 1.71. The summed E-state index contributed by atoms with van der Waals surface area (Å²) in [5.74, 6) is 0. The molecule has 2 atom stereocenters. The average molecular weight is 243 g/mol. The summed E-state index contributed by atoms with van der Waals surface area (Å²) in [6.07, 6.45) is 5.08. The number of nitrogens with zero attached hydrogens (tertiary/aromatic N) is 2. The van der Waals surface area contributed by atoms with Crippen molar-refractivity contribution >= 4 is 5.69 Å². The van der Waals surface area contributed by atoms with E-state index in [9.17, 15) is 0 Å². The molecule has 2 heterocycles. The summed E-state index contributed by atoms with van der Waals surface area (Å²) in [5, 5.41) is 7.72. The van der Waals surface area contributed by atoms with Gasteiger partial charge in [0.2, 0.25) is 0 Å². The summed E-state index contributed by atoms with van der Waals surface area (Å²) in [5.41, 5.74) is 2.20. The minimum absolute atomic E-state index is 0.288. The SMILES string of the molecule is CC1OCCC1Nc1ccc(-n2cccn2)cc1. The largest absolute Gasteiger partial charge is 0.380 e. The van der Waals surface area contributed by atoms with Crippen LogP contribution < -0.4 is 5.32 Å². The lowest BCUT2D eigenvalue weighted by Crippen LogP contribution is -2.26. The Kier molecular flexibility index (Phi) is 3.02. The number of anilines is 1. The zero-order chi connectivity index (χ0) is 12.4. The fourth-order valence-electron chi connectivity index (χ4n) is 2.27. The molecule has 0 spiro atoms.